The van der Waals surface area contributed by atoms with Gasteiger partial charge >= 0.3 is 5.97 Å². The molecule has 59 heavy (non-hydrogen) atoms. The number of fused-ring (bicyclic) bond motifs is 2. The van der Waals surface area contributed by atoms with Crippen LogP contribution in [-0.4, -0.2) is 52.1 Å². The van der Waals surface area contributed by atoms with Crippen LogP contribution in [0.4, 0.5) is 11.6 Å². The summed E-state index contributed by atoms with van der Waals surface area (Å²) < 4.78 is 5.02. The Morgan fingerprint density at radius 1 is 0.610 bits per heavy atom. The fourth-order valence-corrected chi connectivity index (χ4v) is 7.86. The first-order valence-corrected chi connectivity index (χ1v) is 21.5. The zero-order valence-electron chi connectivity index (χ0n) is 35.5. The van der Waals surface area contributed by atoms with Crippen LogP contribution in [0.1, 0.15) is 85.5 Å². The van der Waals surface area contributed by atoms with Gasteiger partial charge in [0.2, 0.25) is 0 Å². The molecular formula is C51H58N6O2. The van der Waals surface area contributed by atoms with Crippen LogP contribution in [0.3, 0.4) is 0 Å². The second kappa shape index (κ2) is 19.7. The first-order chi connectivity index (χ1) is 28.7. The first kappa shape index (κ1) is 41.3. The van der Waals surface area contributed by atoms with Crippen molar-refractivity contribution in [2.45, 2.75) is 92.4 Å². The highest BCUT2D eigenvalue weighted by molar-refractivity contribution is 5.81. The molecule has 0 bridgehead atoms. The maximum Gasteiger partial charge on any atom is 0.305 e. The largest absolute Gasteiger partial charge is 0.466 e. The number of nitrogens with one attached hydrogen (secondary N) is 1. The van der Waals surface area contributed by atoms with Gasteiger partial charge in [-0.3, -0.25) is 4.79 Å². The van der Waals surface area contributed by atoms with Gasteiger partial charge in [-0.05, 0) is 85.3 Å². The lowest BCUT2D eigenvalue weighted by atomic mass is 10.0. The van der Waals surface area contributed by atoms with Gasteiger partial charge in [0.05, 0.1) is 40.8 Å². The number of aromatic nitrogens is 4. The van der Waals surface area contributed by atoms with Crippen molar-refractivity contribution in [3.05, 3.63) is 131 Å². The average molecular weight is 787 g/mol. The lowest BCUT2D eigenvalue weighted by molar-refractivity contribution is -0.143. The molecular weight excluding hydrogens is 729 g/mol. The topological polar surface area (TPSA) is 93.1 Å². The van der Waals surface area contributed by atoms with Crippen molar-refractivity contribution in [1.82, 2.24) is 19.9 Å². The Bertz CT molecular complexity index is 2360. The Kier molecular flexibility index (Phi) is 13.8. The number of benzene rings is 4. The van der Waals surface area contributed by atoms with E-state index in [1.165, 1.54) is 22.3 Å². The quantitative estimate of drug-likeness (QED) is 0.0968. The Labute approximate surface area is 350 Å². The van der Waals surface area contributed by atoms with Crippen molar-refractivity contribution in [2.24, 2.45) is 0 Å². The van der Waals surface area contributed by atoms with Crippen molar-refractivity contribution in [1.29, 1.82) is 0 Å². The molecule has 0 saturated heterocycles. The fourth-order valence-electron chi connectivity index (χ4n) is 7.86. The van der Waals surface area contributed by atoms with Crippen LogP contribution in [0.15, 0.2) is 97.1 Å². The predicted molar refractivity (Wildman–Crippen MR) is 242 cm³/mol. The van der Waals surface area contributed by atoms with Gasteiger partial charge in [0.25, 0.3) is 0 Å². The Hall–Kier alpha value is -5.89. The molecule has 4 aromatic carbocycles. The van der Waals surface area contributed by atoms with E-state index in [0.717, 1.165) is 139 Å². The van der Waals surface area contributed by atoms with Crippen LogP contribution in [0.5, 0.6) is 0 Å². The molecule has 2 aliphatic rings. The Morgan fingerprint density at radius 2 is 1.17 bits per heavy atom. The van der Waals surface area contributed by atoms with E-state index >= 15 is 0 Å². The van der Waals surface area contributed by atoms with Gasteiger partial charge in [0.15, 0.2) is 5.82 Å². The molecule has 2 aliphatic heterocycles. The van der Waals surface area contributed by atoms with Crippen LogP contribution in [0.2, 0.25) is 0 Å². The summed E-state index contributed by atoms with van der Waals surface area (Å²) in [6, 6.07) is 34.2. The molecule has 304 valence electrons. The summed E-state index contributed by atoms with van der Waals surface area (Å²) in [7, 11) is 0. The number of hydrogen-bond acceptors (Lipinski definition) is 8. The van der Waals surface area contributed by atoms with E-state index in [9.17, 15) is 4.79 Å². The minimum absolute atomic E-state index is 0.0826. The number of rotatable bonds is 12. The van der Waals surface area contributed by atoms with Crippen LogP contribution >= 0.6 is 0 Å². The number of aryl methyl sites for hydroxylation is 6. The summed E-state index contributed by atoms with van der Waals surface area (Å²) in [5.74, 6) is 1.89. The second-order valence-electron chi connectivity index (χ2n) is 16.0. The number of anilines is 2. The van der Waals surface area contributed by atoms with E-state index < -0.39 is 0 Å². The third-order valence-electron chi connectivity index (χ3n) is 11.0. The monoisotopic (exact) mass is 786 g/mol. The zero-order chi connectivity index (χ0) is 41.1. The molecule has 0 atom stereocenters. The van der Waals surface area contributed by atoms with E-state index in [0.29, 0.717) is 13.0 Å². The maximum absolute atomic E-state index is 11.5. The minimum Gasteiger partial charge on any atom is -0.466 e. The third-order valence-corrected chi connectivity index (χ3v) is 11.0. The number of unbranched alkanes of at least 4 members (excludes halogenated alkanes) is 3. The molecule has 0 spiro atoms. The predicted octanol–water partition coefficient (Wildman–Crippen LogP) is 11.5. The maximum atomic E-state index is 11.5. The SMILES string of the molecule is CCOC(=O)CCCCCCN1CCCc2nc(-c3cccc(C)c3)c(-c3ccc(C)cc3)nc21.Cc1ccc(-c2nc3c(nc2-c2cccc(C)c2)CCCN3)cc1. The molecule has 1 N–H and O–H groups in total. The minimum atomic E-state index is -0.0826. The fraction of sp³-hybridized carbons (Fsp3) is 0.353. The van der Waals surface area contributed by atoms with Gasteiger partial charge in [0.1, 0.15) is 5.82 Å². The smallest absolute Gasteiger partial charge is 0.305 e. The molecule has 8 heteroatoms. The summed E-state index contributed by atoms with van der Waals surface area (Å²) in [5.41, 5.74) is 15.4. The summed E-state index contributed by atoms with van der Waals surface area (Å²) in [5, 5.41) is 3.40. The van der Waals surface area contributed by atoms with E-state index in [2.05, 4.69) is 135 Å². The van der Waals surface area contributed by atoms with Crippen LogP contribution in [0, 0.1) is 27.7 Å². The van der Waals surface area contributed by atoms with E-state index in [-0.39, 0.29) is 5.97 Å². The third kappa shape index (κ3) is 10.6. The highest BCUT2D eigenvalue weighted by Gasteiger charge is 2.24. The van der Waals surface area contributed by atoms with Crippen LogP contribution < -0.4 is 10.2 Å². The molecule has 0 amide bonds. The van der Waals surface area contributed by atoms with Crippen molar-refractivity contribution >= 4 is 17.6 Å². The summed E-state index contributed by atoms with van der Waals surface area (Å²) >= 11 is 0. The molecule has 0 saturated carbocycles. The standard InChI is InChI=1S/C30H37N3O2.C21H21N3/c1-4-35-27(34)14-7-5-6-8-19-33-20-10-13-26-30(33)32-28(24-17-15-22(2)16-18-24)29(31-26)25-12-9-11-23(3)21-25;1-14-8-10-16(11-9-14)19-20(17-6-3-5-15(2)13-17)23-18-7-4-12-22-21(18)24-19/h9,11-12,15-18,21H,4-8,10,13-14,19-20H2,1-3H3;3,5-6,8-11,13H,4,7,12H2,1-2H3,(H,22,24). The molecule has 8 rings (SSSR count). The lowest BCUT2D eigenvalue weighted by Gasteiger charge is -2.30. The summed E-state index contributed by atoms with van der Waals surface area (Å²) in [6.45, 7) is 13.7. The highest BCUT2D eigenvalue weighted by atomic mass is 16.5. The Morgan fingerprint density at radius 3 is 1.78 bits per heavy atom. The summed E-state index contributed by atoms with van der Waals surface area (Å²) in [4.78, 5) is 34.4. The van der Waals surface area contributed by atoms with Crippen molar-refractivity contribution in [2.75, 3.05) is 36.5 Å². The second-order valence-corrected chi connectivity index (χ2v) is 16.0. The number of carbonyl (C=O) groups excluding carboxylic acids is 1. The van der Waals surface area contributed by atoms with E-state index in [4.69, 9.17) is 24.7 Å². The number of carbonyl (C=O) groups is 1. The Balaban J connectivity index is 0.000000191. The molecule has 2 aromatic heterocycles. The molecule has 0 aliphatic carbocycles. The lowest BCUT2D eigenvalue weighted by Crippen LogP contribution is -2.32. The number of ether oxygens (including phenoxy) is 1. The van der Waals surface area contributed by atoms with Gasteiger partial charge in [-0.25, -0.2) is 19.9 Å². The summed E-state index contributed by atoms with van der Waals surface area (Å²) in [6.07, 6.45) is 8.81. The van der Waals surface area contributed by atoms with Gasteiger partial charge in [-0.15, -0.1) is 0 Å². The highest BCUT2D eigenvalue weighted by Crippen LogP contribution is 2.36. The van der Waals surface area contributed by atoms with Gasteiger partial charge in [0, 0.05) is 48.3 Å². The number of nitrogens with zero attached hydrogens (tertiary/aromatic N) is 5. The van der Waals surface area contributed by atoms with Gasteiger partial charge < -0.3 is 15.0 Å². The van der Waals surface area contributed by atoms with Crippen molar-refractivity contribution in [3.8, 4) is 45.0 Å². The normalized spacial score (nSPS) is 13.1. The van der Waals surface area contributed by atoms with E-state index in [1.54, 1.807) is 0 Å². The molecule has 8 nitrogen and oxygen atoms in total. The molecule has 0 fully saturated rings. The number of esters is 1. The molecule has 0 unspecified atom stereocenters. The van der Waals surface area contributed by atoms with Gasteiger partial charge in [-0.1, -0.05) is 120 Å². The first-order valence-electron chi connectivity index (χ1n) is 21.5. The molecule has 0 radical (unpaired) electrons. The van der Waals surface area contributed by atoms with Gasteiger partial charge in [-0.2, -0.15) is 0 Å². The van der Waals surface area contributed by atoms with Crippen molar-refractivity contribution < 1.29 is 9.53 Å². The zero-order valence-corrected chi connectivity index (χ0v) is 35.5. The number of hydrogen-bond donors (Lipinski definition) is 1. The molecule has 4 heterocycles. The van der Waals surface area contributed by atoms with Crippen LogP contribution in [0.25, 0.3) is 45.0 Å². The molecule has 6 aromatic rings. The average Bonchev–Trinajstić information content (AvgIpc) is 3.25. The van der Waals surface area contributed by atoms with Crippen LogP contribution in [-0.2, 0) is 22.4 Å². The van der Waals surface area contributed by atoms with Crippen molar-refractivity contribution in [3.63, 3.8) is 0 Å². The van der Waals surface area contributed by atoms with E-state index in [1.807, 2.05) is 6.92 Å².